The lowest BCUT2D eigenvalue weighted by atomic mass is 9.77. The third kappa shape index (κ3) is 3.11. The molecule has 0 spiro atoms. The van der Waals surface area contributed by atoms with Gasteiger partial charge in [-0.25, -0.2) is 4.98 Å². The number of aromatic nitrogens is 2. The zero-order chi connectivity index (χ0) is 14.7. The van der Waals surface area contributed by atoms with Gasteiger partial charge >= 0.3 is 0 Å². The predicted molar refractivity (Wildman–Crippen MR) is 85.0 cm³/mol. The number of likely N-dealkylation sites (tertiary alicyclic amines) is 1. The summed E-state index contributed by atoms with van der Waals surface area (Å²) in [4.78, 5) is 10.3. The molecular formula is C17H25N3O. The van der Waals surface area contributed by atoms with Gasteiger partial charge in [0, 0.05) is 36.7 Å². The molecule has 0 saturated carbocycles. The molecule has 0 aliphatic carbocycles. The van der Waals surface area contributed by atoms with Crippen molar-refractivity contribution in [1.82, 2.24) is 14.9 Å². The number of nitrogens with one attached hydrogen (secondary N) is 1. The first-order chi connectivity index (χ1) is 10.2. The molecule has 21 heavy (non-hydrogen) atoms. The van der Waals surface area contributed by atoms with Crippen molar-refractivity contribution < 1.29 is 5.11 Å². The van der Waals surface area contributed by atoms with Crippen molar-refractivity contribution in [3.8, 4) is 0 Å². The summed E-state index contributed by atoms with van der Waals surface area (Å²) >= 11 is 0. The number of piperidine rings is 1. The van der Waals surface area contributed by atoms with E-state index in [-0.39, 0.29) is 5.41 Å². The molecule has 114 valence electrons. The molecule has 1 fully saturated rings. The maximum atomic E-state index is 9.82. The topological polar surface area (TPSA) is 52.1 Å². The Balaban J connectivity index is 1.71. The van der Waals surface area contributed by atoms with Crippen LogP contribution < -0.4 is 0 Å². The Morgan fingerprint density at radius 2 is 2.29 bits per heavy atom. The molecule has 2 N–H and O–H groups in total. The summed E-state index contributed by atoms with van der Waals surface area (Å²) in [5.74, 6) is 0. The zero-order valence-corrected chi connectivity index (χ0v) is 12.8. The van der Waals surface area contributed by atoms with Gasteiger partial charge in [0.2, 0.25) is 0 Å². The lowest BCUT2D eigenvalue weighted by Gasteiger charge is -2.41. The van der Waals surface area contributed by atoms with Crippen molar-refractivity contribution in [2.24, 2.45) is 5.41 Å². The van der Waals surface area contributed by atoms with Crippen LogP contribution in [0, 0.1) is 5.41 Å². The van der Waals surface area contributed by atoms with Gasteiger partial charge in [-0.2, -0.15) is 0 Å². The van der Waals surface area contributed by atoms with Crippen LogP contribution in [0.4, 0.5) is 0 Å². The molecule has 1 unspecified atom stereocenters. The average molecular weight is 287 g/mol. The van der Waals surface area contributed by atoms with Crippen LogP contribution in [-0.4, -0.2) is 39.7 Å². The number of pyridine rings is 1. The molecule has 1 aliphatic rings. The van der Waals surface area contributed by atoms with Crippen molar-refractivity contribution in [3.63, 3.8) is 0 Å². The molecule has 3 heterocycles. The summed E-state index contributed by atoms with van der Waals surface area (Å²) < 4.78 is 0. The fourth-order valence-electron chi connectivity index (χ4n) is 3.68. The highest BCUT2D eigenvalue weighted by Gasteiger charge is 2.34. The number of aliphatic hydroxyl groups excluding tert-OH is 1. The van der Waals surface area contributed by atoms with Gasteiger partial charge in [-0.1, -0.05) is 13.3 Å². The van der Waals surface area contributed by atoms with Crippen LogP contribution in [0.15, 0.2) is 24.4 Å². The Hall–Kier alpha value is -1.39. The summed E-state index contributed by atoms with van der Waals surface area (Å²) in [6.07, 6.45) is 6.51. The summed E-state index contributed by atoms with van der Waals surface area (Å²) in [6, 6.07) is 6.29. The highest BCUT2D eigenvalue weighted by molar-refractivity contribution is 5.75. The molecule has 0 aromatic carbocycles. The maximum Gasteiger partial charge on any atom is 0.137 e. The first kappa shape index (κ1) is 14.5. The Morgan fingerprint density at radius 3 is 3.10 bits per heavy atom. The van der Waals surface area contributed by atoms with Crippen LogP contribution in [0.3, 0.4) is 0 Å². The molecule has 0 bridgehead atoms. The van der Waals surface area contributed by atoms with Gasteiger partial charge in [-0.15, -0.1) is 0 Å². The minimum Gasteiger partial charge on any atom is -0.396 e. The Kier molecular flexibility index (Phi) is 4.27. The molecule has 2 aromatic heterocycles. The predicted octanol–water partition coefficient (Wildman–Crippen LogP) is 2.94. The number of H-pyrrole nitrogens is 1. The molecule has 4 heteroatoms. The van der Waals surface area contributed by atoms with E-state index in [0.29, 0.717) is 6.61 Å². The van der Waals surface area contributed by atoms with E-state index >= 15 is 0 Å². The molecule has 4 nitrogen and oxygen atoms in total. The summed E-state index contributed by atoms with van der Waals surface area (Å²) in [5, 5.41) is 11.0. The first-order valence-corrected chi connectivity index (χ1v) is 8.01. The maximum absolute atomic E-state index is 9.82. The van der Waals surface area contributed by atoms with E-state index in [1.54, 1.807) is 0 Å². The van der Waals surface area contributed by atoms with Crippen molar-refractivity contribution >= 4 is 11.0 Å². The summed E-state index contributed by atoms with van der Waals surface area (Å²) in [5.41, 5.74) is 2.17. The molecule has 2 aromatic rings. The van der Waals surface area contributed by atoms with Gasteiger partial charge in [-0.3, -0.25) is 4.90 Å². The fraction of sp³-hybridized carbons (Fsp3) is 0.588. The first-order valence-electron chi connectivity index (χ1n) is 8.01. The molecule has 0 amide bonds. The summed E-state index contributed by atoms with van der Waals surface area (Å²) in [6.45, 7) is 5.48. The van der Waals surface area contributed by atoms with Crippen LogP contribution in [0.25, 0.3) is 11.0 Å². The number of aromatic amines is 1. The lowest BCUT2D eigenvalue weighted by molar-refractivity contribution is 0.0212. The standard InChI is InChI=1S/C17H25N3O/c1-2-7-17(13-21)8-3-10-20(12-17)11-15-5-4-14-6-9-18-16(14)19-15/h4-6,9,21H,2-3,7-8,10-13H2,1H3,(H,18,19). The molecule has 1 aliphatic heterocycles. The Labute approximate surface area is 126 Å². The minimum absolute atomic E-state index is 0.101. The Morgan fingerprint density at radius 1 is 1.38 bits per heavy atom. The number of hydrogen-bond donors (Lipinski definition) is 2. The van der Waals surface area contributed by atoms with Gasteiger partial charge in [-0.05, 0) is 44.0 Å². The molecular weight excluding hydrogens is 262 g/mol. The smallest absolute Gasteiger partial charge is 0.137 e. The number of hydrogen-bond acceptors (Lipinski definition) is 3. The van der Waals surface area contributed by atoms with E-state index in [1.165, 1.54) is 6.42 Å². The van der Waals surface area contributed by atoms with Gasteiger partial charge in [0.25, 0.3) is 0 Å². The highest BCUT2D eigenvalue weighted by Crippen LogP contribution is 2.34. The molecule has 0 radical (unpaired) electrons. The quantitative estimate of drug-likeness (QED) is 0.889. The molecule has 1 atom stereocenters. The van der Waals surface area contributed by atoms with E-state index in [1.807, 2.05) is 12.3 Å². The van der Waals surface area contributed by atoms with Crippen LogP contribution >= 0.6 is 0 Å². The normalized spacial score (nSPS) is 23.7. The number of fused-ring (bicyclic) bond motifs is 1. The van der Waals surface area contributed by atoms with Gasteiger partial charge < -0.3 is 10.1 Å². The molecule has 1 saturated heterocycles. The second-order valence-electron chi connectivity index (χ2n) is 6.44. The van der Waals surface area contributed by atoms with Gasteiger partial charge in [0.1, 0.15) is 5.65 Å². The van der Waals surface area contributed by atoms with E-state index in [2.05, 4.69) is 33.9 Å². The third-order valence-electron chi connectivity index (χ3n) is 4.71. The lowest BCUT2D eigenvalue weighted by Crippen LogP contribution is -2.45. The van der Waals surface area contributed by atoms with Crippen molar-refractivity contribution in [2.45, 2.75) is 39.2 Å². The largest absolute Gasteiger partial charge is 0.396 e. The van der Waals surface area contributed by atoms with Crippen LogP contribution in [0.1, 0.15) is 38.3 Å². The zero-order valence-electron chi connectivity index (χ0n) is 12.8. The van der Waals surface area contributed by atoms with E-state index in [0.717, 1.165) is 55.6 Å². The van der Waals surface area contributed by atoms with E-state index in [4.69, 9.17) is 0 Å². The molecule has 3 rings (SSSR count). The van der Waals surface area contributed by atoms with Gasteiger partial charge in [0.15, 0.2) is 0 Å². The monoisotopic (exact) mass is 287 g/mol. The Bertz CT molecular complexity index is 590. The SMILES string of the molecule is CCCC1(CO)CCCN(Cc2ccc3cc[nH]c3n2)C1. The number of nitrogens with zero attached hydrogens (tertiary/aromatic N) is 2. The van der Waals surface area contributed by atoms with Gasteiger partial charge in [0.05, 0.1) is 5.69 Å². The van der Waals surface area contributed by atoms with Crippen molar-refractivity contribution in [2.75, 3.05) is 19.7 Å². The summed E-state index contributed by atoms with van der Waals surface area (Å²) in [7, 11) is 0. The fourth-order valence-corrected chi connectivity index (χ4v) is 3.68. The average Bonchev–Trinajstić information content (AvgIpc) is 2.95. The number of rotatable bonds is 5. The van der Waals surface area contributed by atoms with Crippen LogP contribution in [0.2, 0.25) is 0 Å². The van der Waals surface area contributed by atoms with E-state index < -0.39 is 0 Å². The number of aliphatic hydroxyl groups is 1. The highest BCUT2D eigenvalue weighted by atomic mass is 16.3. The minimum atomic E-state index is 0.101. The van der Waals surface area contributed by atoms with Crippen LogP contribution in [-0.2, 0) is 6.54 Å². The second kappa shape index (κ2) is 6.16. The van der Waals surface area contributed by atoms with E-state index in [9.17, 15) is 5.11 Å². The van der Waals surface area contributed by atoms with Crippen LogP contribution in [0.5, 0.6) is 0 Å². The van der Waals surface area contributed by atoms with Crippen molar-refractivity contribution in [1.29, 1.82) is 0 Å². The second-order valence-corrected chi connectivity index (χ2v) is 6.44. The third-order valence-corrected chi connectivity index (χ3v) is 4.71. The van der Waals surface area contributed by atoms with Crippen molar-refractivity contribution in [3.05, 3.63) is 30.1 Å².